The van der Waals surface area contributed by atoms with Crippen LogP contribution in [0.3, 0.4) is 0 Å². The largest absolute Gasteiger partial charge is 0.352 e. The van der Waals surface area contributed by atoms with E-state index in [1.807, 2.05) is 56.3 Å². The van der Waals surface area contributed by atoms with Crippen LogP contribution in [0.15, 0.2) is 60.7 Å². The number of nitrogens with one attached hydrogen (secondary N) is 1. The van der Waals surface area contributed by atoms with E-state index in [0.29, 0.717) is 10.6 Å². The molecule has 3 aromatic carbocycles. The van der Waals surface area contributed by atoms with E-state index in [2.05, 4.69) is 5.32 Å². The van der Waals surface area contributed by atoms with E-state index in [1.165, 1.54) is 9.80 Å². The zero-order valence-corrected chi connectivity index (χ0v) is 20.3. The lowest BCUT2D eigenvalue weighted by atomic mass is 10.1. The predicted octanol–water partition coefficient (Wildman–Crippen LogP) is 4.79. The molecule has 34 heavy (non-hydrogen) atoms. The first-order valence-electron chi connectivity index (χ1n) is 11.5. The lowest BCUT2D eigenvalue weighted by molar-refractivity contribution is -0.139. The molecule has 6 nitrogen and oxygen atoms in total. The smallest absolute Gasteiger partial charge is 0.259 e. The summed E-state index contributed by atoms with van der Waals surface area (Å²) in [6.07, 6.45) is 0.786. The minimum absolute atomic E-state index is 0.00491. The molecule has 2 atom stereocenters. The van der Waals surface area contributed by atoms with Gasteiger partial charge in [-0.15, -0.1) is 0 Å². The van der Waals surface area contributed by atoms with E-state index in [9.17, 15) is 14.4 Å². The van der Waals surface area contributed by atoms with Gasteiger partial charge in [-0.25, -0.2) is 0 Å². The highest BCUT2D eigenvalue weighted by Crippen LogP contribution is 2.37. The average molecular weight is 478 g/mol. The summed E-state index contributed by atoms with van der Waals surface area (Å²) in [6.45, 7) is 5.71. The van der Waals surface area contributed by atoms with Crippen molar-refractivity contribution in [2.24, 2.45) is 0 Å². The number of carbonyl (C=O) groups is 3. The molecule has 3 amide bonds. The first-order valence-corrected chi connectivity index (χ1v) is 11.9. The van der Waals surface area contributed by atoms with Gasteiger partial charge < -0.3 is 10.2 Å². The van der Waals surface area contributed by atoms with Gasteiger partial charge in [0.25, 0.3) is 5.91 Å². The zero-order valence-electron chi connectivity index (χ0n) is 19.5. The molecule has 1 aliphatic rings. The molecule has 0 aliphatic carbocycles. The maximum atomic E-state index is 13.6. The van der Waals surface area contributed by atoms with Crippen LogP contribution < -0.4 is 10.2 Å². The predicted molar refractivity (Wildman–Crippen MR) is 135 cm³/mol. The van der Waals surface area contributed by atoms with Crippen LogP contribution in [-0.4, -0.2) is 41.2 Å². The molecule has 7 heteroatoms. The summed E-state index contributed by atoms with van der Waals surface area (Å²) in [5.41, 5.74) is 2.15. The van der Waals surface area contributed by atoms with Gasteiger partial charge in [-0.2, -0.15) is 0 Å². The second-order valence-electron chi connectivity index (χ2n) is 8.71. The van der Waals surface area contributed by atoms with Crippen LogP contribution in [0.5, 0.6) is 0 Å². The summed E-state index contributed by atoms with van der Waals surface area (Å²) in [5, 5.41) is 5.37. The standard InChI is InChI=1S/C27H28ClN3O3/c1-4-17(2)29-26(33)18(3)30(15-19-11-13-21(28)14-12-19)24(32)16-31-23-10-6-8-20-7-5-9-22(25(20)23)27(31)34/h5-14,17-18H,4,15-16H2,1-3H3,(H,29,33). The minimum Gasteiger partial charge on any atom is -0.352 e. The second-order valence-corrected chi connectivity index (χ2v) is 9.15. The number of hydrogen-bond acceptors (Lipinski definition) is 3. The summed E-state index contributed by atoms with van der Waals surface area (Å²) in [7, 11) is 0. The average Bonchev–Trinajstić information content (AvgIpc) is 3.11. The molecule has 3 aromatic rings. The Bertz CT molecular complexity index is 1240. The molecule has 0 saturated carbocycles. The third-order valence-electron chi connectivity index (χ3n) is 6.38. The highest BCUT2D eigenvalue weighted by molar-refractivity contribution is 6.30. The van der Waals surface area contributed by atoms with Gasteiger partial charge in [-0.3, -0.25) is 19.3 Å². The molecular formula is C27H28ClN3O3. The van der Waals surface area contributed by atoms with Crippen molar-refractivity contribution in [1.82, 2.24) is 10.2 Å². The fraction of sp³-hybridized carbons (Fsp3) is 0.296. The van der Waals surface area contributed by atoms with E-state index in [1.54, 1.807) is 25.1 Å². The highest BCUT2D eigenvalue weighted by Gasteiger charge is 2.34. The van der Waals surface area contributed by atoms with Crippen LogP contribution >= 0.6 is 11.6 Å². The van der Waals surface area contributed by atoms with E-state index in [0.717, 1.165) is 28.4 Å². The number of benzene rings is 3. The van der Waals surface area contributed by atoms with Gasteiger partial charge in [0.1, 0.15) is 12.6 Å². The molecule has 0 radical (unpaired) electrons. The molecule has 1 N–H and O–H groups in total. The van der Waals surface area contributed by atoms with E-state index in [4.69, 9.17) is 11.6 Å². The molecule has 1 aliphatic heterocycles. The van der Waals surface area contributed by atoms with Gasteiger partial charge in [-0.1, -0.05) is 54.9 Å². The van der Waals surface area contributed by atoms with Crippen LogP contribution in [0.25, 0.3) is 10.8 Å². The van der Waals surface area contributed by atoms with Crippen LogP contribution in [-0.2, 0) is 16.1 Å². The number of anilines is 1. The number of nitrogens with zero attached hydrogens (tertiary/aromatic N) is 2. The van der Waals surface area contributed by atoms with Gasteiger partial charge in [0.2, 0.25) is 11.8 Å². The van der Waals surface area contributed by atoms with Crippen molar-refractivity contribution in [2.45, 2.75) is 45.8 Å². The quantitative estimate of drug-likeness (QED) is 0.507. The summed E-state index contributed by atoms with van der Waals surface area (Å²) < 4.78 is 0. The number of hydrogen-bond donors (Lipinski definition) is 1. The number of halogens is 1. The van der Waals surface area contributed by atoms with Crippen molar-refractivity contribution in [2.75, 3.05) is 11.4 Å². The maximum absolute atomic E-state index is 13.6. The fourth-order valence-electron chi connectivity index (χ4n) is 4.20. The topological polar surface area (TPSA) is 69.7 Å². The summed E-state index contributed by atoms with van der Waals surface area (Å²) in [6, 6.07) is 17.7. The fourth-order valence-corrected chi connectivity index (χ4v) is 4.32. The Kier molecular flexibility index (Phi) is 6.89. The van der Waals surface area contributed by atoms with Gasteiger partial charge in [0.15, 0.2) is 0 Å². The number of carbonyl (C=O) groups excluding carboxylic acids is 3. The van der Waals surface area contributed by atoms with E-state index >= 15 is 0 Å². The first kappa shape index (κ1) is 23.8. The Morgan fingerprint density at radius 2 is 1.71 bits per heavy atom. The van der Waals surface area contributed by atoms with Gasteiger partial charge in [0, 0.05) is 28.6 Å². The monoisotopic (exact) mass is 477 g/mol. The van der Waals surface area contributed by atoms with E-state index < -0.39 is 6.04 Å². The molecule has 0 bridgehead atoms. The maximum Gasteiger partial charge on any atom is 0.259 e. The van der Waals surface area contributed by atoms with E-state index in [-0.39, 0.29) is 36.9 Å². The Hall–Kier alpha value is -3.38. The molecule has 0 spiro atoms. The van der Waals surface area contributed by atoms with Crippen molar-refractivity contribution in [3.63, 3.8) is 0 Å². The third-order valence-corrected chi connectivity index (χ3v) is 6.63. The minimum atomic E-state index is -0.715. The van der Waals surface area contributed by atoms with Crippen molar-refractivity contribution in [3.05, 3.63) is 76.8 Å². The zero-order chi connectivity index (χ0) is 24.4. The lowest BCUT2D eigenvalue weighted by Crippen LogP contribution is -2.52. The molecule has 4 rings (SSSR count). The third kappa shape index (κ3) is 4.64. The molecular weight excluding hydrogens is 450 g/mol. The first-order chi connectivity index (χ1) is 16.3. The molecule has 0 saturated heterocycles. The van der Waals surface area contributed by atoms with Gasteiger partial charge in [0.05, 0.1) is 5.69 Å². The van der Waals surface area contributed by atoms with Crippen LogP contribution in [0.4, 0.5) is 5.69 Å². The summed E-state index contributed by atoms with van der Waals surface area (Å²) >= 11 is 6.02. The van der Waals surface area contributed by atoms with Crippen molar-refractivity contribution in [3.8, 4) is 0 Å². The normalized spacial score (nSPS) is 14.2. The molecule has 0 fully saturated rings. The van der Waals surface area contributed by atoms with Crippen molar-refractivity contribution < 1.29 is 14.4 Å². The Morgan fingerprint density at radius 1 is 1.03 bits per heavy atom. The Balaban J connectivity index is 1.61. The molecule has 176 valence electrons. The number of amides is 3. The lowest BCUT2D eigenvalue weighted by Gasteiger charge is -2.31. The van der Waals surface area contributed by atoms with Crippen LogP contribution in [0.1, 0.15) is 43.1 Å². The van der Waals surface area contributed by atoms with Crippen LogP contribution in [0.2, 0.25) is 5.02 Å². The molecule has 2 unspecified atom stereocenters. The SMILES string of the molecule is CCC(C)NC(=O)C(C)N(Cc1ccc(Cl)cc1)C(=O)CN1C(=O)c2cccc3cccc1c23. The summed E-state index contributed by atoms with van der Waals surface area (Å²) in [5.74, 6) is -0.738. The second kappa shape index (κ2) is 9.85. The summed E-state index contributed by atoms with van der Waals surface area (Å²) in [4.78, 5) is 42.8. The molecule has 1 heterocycles. The van der Waals surface area contributed by atoms with Crippen molar-refractivity contribution in [1.29, 1.82) is 0 Å². The highest BCUT2D eigenvalue weighted by atomic mass is 35.5. The number of rotatable bonds is 8. The van der Waals surface area contributed by atoms with Gasteiger partial charge in [-0.05, 0) is 55.5 Å². The van der Waals surface area contributed by atoms with Crippen LogP contribution in [0, 0.1) is 0 Å². The van der Waals surface area contributed by atoms with Crippen molar-refractivity contribution >= 4 is 45.8 Å². The van der Waals surface area contributed by atoms with Gasteiger partial charge >= 0.3 is 0 Å². The Labute approximate surface area is 204 Å². The Morgan fingerprint density at radius 3 is 2.38 bits per heavy atom. The molecule has 0 aromatic heterocycles.